The number of hydrogen-bond donors (Lipinski definition) is 0. The Morgan fingerprint density at radius 1 is 1.40 bits per heavy atom. The lowest BCUT2D eigenvalue weighted by molar-refractivity contribution is 0.601. The average Bonchev–Trinajstić information content (AvgIpc) is 2.70. The average molecular weight is 225 g/mol. The maximum atomic E-state index is 13.7. The minimum absolute atomic E-state index is 0.248. The van der Waals surface area contributed by atoms with Crippen LogP contribution < -0.4 is 0 Å². The van der Waals surface area contributed by atoms with Crippen molar-refractivity contribution in [2.75, 3.05) is 0 Å². The van der Waals surface area contributed by atoms with Gasteiger partial charge in [-0.2, -0.15) is 5.10 Å². The number of hydrogen-bond acceptors (Lipinski definition) is 1. The third-order valence-corrected chi connectivity index (χ3v) is 2.47. The summed E-state index contributed by atoms with van der Waals surface area (Å²) in [6, 6.07) is 6.99. The maximum Gasteiger partial charge on any atom is 0.151 e. The van der Waals surface area contributed by atoms with Gasteiger partial charge >= 0.3 is 0 Å². The van der Waals surface area contributed by atoms with E-state index in [0.717, 1.165) is 5.69 Å². The van der Waals surface area contributed by atoms with Crippen LogP contribution in [0.5, 0.6) is 0 Å². The summed E-state index contributed by atoms with van der Waals surface area (Å²) in [5.41, 5.74) is 1.79. The molecule has 0 saturated heterocycles. The summed E-state index contributed by atoms with van der Waals surface area (Å²) in [4.78, 5) is 0. The maximum absolute atomic E-state index is 13.7. The van der Waals surface area contributed by atoms with E-state index in [2.05, 4.69) is 5.10 Å². The molecule has 4 heteroatoms. The van der Waals surface area contributed by atoms with Crippen molar-refractivity contribution in [1.29, 1.82) is 0 Å². The zero-order valence-electron chi connectivity index (χ0n) is 8.24. The summed E-state index contributed by atoms with van der Waals surface area (Å²) in [6.45, 7) is 1.73. The largest absolute Gasteiger partial charge is 0.238 e. The Morgan fingerprint density at radius 2 is 2.20 bits per heavy atom. The van der Waals surface area contributed by atoms with E-state index in [1.165, 1.54) is 4.68 Å². The highest BCUT2D eigenvalue weighted by Crippen LogP contribution is 2.16. The lowest BCUT2D eigenvalue weighted by atomic mass is 10.2. The smallest absolute Gasteiger partial charge is 0.151 e. The van der Waals surface area contributed by atoms with Gasteiger partial charge in [-0.05, 0) is 24.6 Å². The Labute approximate surface area is 92.3 Å². The van der Waals surface area contributed by atoms with Crippen LogP contribution in [0, 0.1) is 12.7 Å². The van der Waals surface area contributed by atoms with Gasteiger partial charge in [-0.1, -0.05) is 12.1 Å². The van der Waals surface area contributed by atoms with Crippen molar-refractivity contribution in [2.45, 2.75) is 12.8 Å². The summed E-state index contributed by atoms with van der Waals surface area (Å²) in [6.07, 6.45) is 1.70. The van der Waals surface area contributed by atoms with Gasteiger partial charge in [-0.15, -0.1) is 11.6 Å². The number of rotatable bonds is 2. The van der Waals surface area contributed by atoms with Gasteiger partial charge in [0.2, 0.25) is 0 Å². The molecule has 0 atom stereocenters. The lowest BCUT2D eigenvalue weighted by Gasteiger charge is -2.04. The number of aromatic nitrogens is 2. The molecule has 15 heavy (non-hydrogen) atoms. The van der Waals surface area contributed by atoms with Crippen molar-refractivity contribution < 1.29 is 4.39 Å². The second-order valence-electron chi connectivity index (χ2n) is 3.29. The molecule has 0 spiro atoms. The van der Waals surface area contributed by atoms with Crippen LogP contribution in [0.15, 0.2) is 30.5 Å². The molecule has 0 aliphatic carbocycles. The molecule has 0 aliphatic rings. The van der Waals surface area contributed by atoms with Gasteiger partial charge in [-0.25, -0.2) is 9.07 Å². The van der Waals surface area contributed by atoms with E-state index in [9.17, 15) is 4.39 Å². The van der Waals surface area contributed by atoms with E-state index in [-0.39, 0.29) is 5.82 Å². The third kappa shape index (κ3) is 1.88. The van der Waals surface area contributed by atoms with Crippen molar-refractivity contribution >= 4 is 11.6 Å². The highest BCUT2D eigenvalue weighted by Gasteiger charge is 2.07. The van der Waals surface area contributed by atoms with Gasteiger partial charge in [0.25, 0.3) is 0 Å². The first-order valence-electron chi connectivity index (χ1n) is 4.58. The van der Waals surface area contributed by atoms with Crippen LogP contribution in [0.1, 0.15) is 11.3 Å². The Hall–Kier alpha value is -1.35. The van der Waals surface area contributed by atoms with Gasteiger partial charge in [0.05, 0.1) is 11.6 Å². The zero-order valence-corrected chi connectivity index (χ0v) is 9.00. The lowest BCUT2D eigenvalue weighted by Crippen LogP contribution is -2.00. The first-order chi connectivity index (χ1) is 7.22. The van der Waals surface area contributed by atoms with Crippen LogP contribution in [0.2, 0.25) is 0 Å². The van der Waals surface area contributed by atoms with Gasteiger partial charge in [0, 0.05) is 6.20 Å². The van der Waals surface area contributed by atoms with E-state index >= 15 is 0 Å². The molecule has 0 radical (unpaired) electrons. The molecular formula is C11H10ClFN2. The van der Waals surface area contributed by atoms with Crippen molar-refractivity contribution in [3.63, 3.8) is 0 Å². The first-order valence-corrected chi connectivity index (χ1v) is 5.12. The second kappa shape index (κ2) is 4.03. The van der Waals surface area contributed by atoms with Crippen LogP contribution in [0.25, 0.3) is 5.69 Å². The predicted molar refractivity (Wildman–Crippen MR) is 57.8 cm³/mol. The summed E-state index contributed by atoms with van der Waals surface area (Å²) in [7, 11) is 0. The Bertz CT molecular complexity index is 479. The Morgan fingerprint density at radius 3 is 2.87 bits per heavy atom. The fourth-order valence-corrected chi connectivity index (χ4v) is 1.52. The summed E-state index contributed by atoms with van der Waals surface area (Å²) in [5, 5.41) is 4.15. The standard InChI is InChI=1S/C11H10ClFN2/c1-8-3-2-4-10(11(8)13)15-6-5-9(7-12)14-15/h2-6H,7H2,1H3. The molecule has 0 saturated carbocycles. The van der Waals surface area contributed by atoms with E-state index in [1.54, 1.807) is 37.4 Å². The molecule has 0 N–H and O–H groups in total. The fourth-order valence-electron chi connectivity index (χ4n) is 1.38. The van der Waals surface area contributed by atoms with Crippen LogP contribution in [-0.2, 0) is 5.88 Å². The fraction of sp³-hybridized carbons (Fsp3) is 0.182. The van der Waals surface area contributed by atoms with Crippen LogP contribution in [0.3, 0.4) is 0 Å². The highest BCUT2D eigenvalue weighted by atomic mass is 35.5. The molecule has 78 valence electrons. The molecular weight excluding hydrogens is 215 g/mol. The predicted octanol–water partition coefficient (Wildman–Crippen LogP) is 3.06. The molecule has 2 aromatic rings. The molecule has 0 aliphatic heterocycles. The summed E-state index contributed by atoms with van der Waals surface area (Å²) in [5.74, 6) is 0.0854. The molecule has 0 fully saturated rings. The normalized spacial score (nSPS) is 10.6. The van der Waals surface area contributed by atoms with Crippen molar-refractivity contribution in [3.8, 4) is 5.69 Å². The number of halogens is 2. The molecule has 1 aromatic heterocycles. The van der Waals surface area contributed by atoms with Crippen LogP contribution in [-0.4, -0.2) is 9.78 Å². The van der Waals surface area contributed by atoms with E-state index in [0.29, 0.717) is 17.1 Å². The monoisotopic (exact) mass is 224 g/mol. The molecule has 1 aromatic carbocycles. The Kier molecular flexibility index (Phi) is 2.73. The van der Waals surface area contributed by atoms with Crippen LogP contribution in [0.4, 0.5) is 4.39 Å². The van der Waals surface area contributed by atoms with Crippen molar-refractivity contribution in [2.24, 2.45) is 0 Å². The summed E-state index contributed by atoms with van der Waals surface area (Å²) >= 11 is 5.63. The van der Waals surface area contributed by atoms with Crippen molar-refractivity contribution in [3.05, 3.63) is 47.5 Å². The first kappa shape index (κ1) is 10.2. The highest BCUT2D eigenvalue weighted by molar-refractivity contribution is 6.16. The second-order valence-corrected chi connectivity index (χ2v) is 3.56. The van der Waals surface area contributed by atoms with E-state index in [1.807, 2.05) is 0 Å². The number of aryl methyl sites for hydroxylation is 1. The zero-order chi connectivity index (χ0) is 10.8. The number of alkyl halides is 1. The van der Waals surface area contributed by atoms with Gasteiger partial charge in [0.15, 0.2) is 5.82 Å². The molecule has 0 bridgehead atoms. The third-order valence-electron chi connectivity index (χ3n) is 2.20. The van der Waals surface area contributed by atoms with E-state index < -0.39 is 0 Å². The van der Waals surface area contributed by atoms with Gasteiger partial charge in [0.1, 0.15) is 5.69 Å². The minimum Gasteiger partial charge on any atom is -0.238 e. The summed E-state index contributed by atoms with van der Waals surface area (Å²) < 4.78 is 15.2. The van der Waals surface area contributed by atoms with Crippen LogP contribution >= 0.6 is 11.6 Å². The van der Waals surface area contributed by atoms with Crippen molar-refractivity contribution in [1.82, 2.24) is 9.78 Å². The number of benzene rings is 1. The molecule has 1 heterocycles. The molecule has 2 rings (SSSR count). The minimum atomic E-state index is -0.248. The quantitative estimate of drug-likeness (QED) is 0.717. The Balaban J connectivity index is 2.49. The van der Waals surface area contributed by atoms with Gasteiger partial charge in [-0.3, -0.25) is 0 Å². The topological polar surface area (TPSA) is 17.8 Å². The number of nitrogens with zero attached hydrogens (tertiary/aromatic N) is 2. The molecule has 2 nitrogen and oxygen atoms in total. The molecule has 0 amide bonds. The van der Waals surface area contributed by atoms with Gasteiger partial charge < -0.3 is 0 Å². The molecule has 0 unspecified atom stereocenters. The SMILES string of the molecule is Cc1cccc(-n2ccc(CCl)n2)c1F. The van der Waals surface area contributed by atoms with E-state index in [4.69, 9.17) is 11.6 Å².